The molecular weight excluding hydrogens is 330 g/mol. The zero-order valence-corrected chi connectivity index (χ0v) is 15.0. The molecule has 0 radical (unpaired) electrons. The van der Waals surface area contributed by atoms with Crippen LogP contribution in [-0.2, 0) is 29.7 Å². The number of nitrogens with one attached hydrogen (secondary N) is 1. The molecule has 7 nitrogen and oxygen atoms in total. The fourth-order valence-corrected chi connectivity index (χ4v) is 3.92. The molecule has 0 unspecified atom stereocenters. The molecule has 0 spiro atoms. The van der Waals surface area contributed by atoms with Gasteiger partial charge in [-0.25, -0.2) is 0 Å². The van der Waals surface area contributed by atoms with Crippen LogP contribution in [0, 0.1) is 5.92 Å². The summed E-state index contributed by atoms with van der Waals surface area (Å²) >= 11 is 0. The van der Waals surface area contributed by atoms with Crippen LogP contribution in [0.2, 0.25) is 0 Å². The topological polar surface area (TPSA) is 72.3 Å². The number of fused-ring (bicyclic) bond motifs is 1. The maximum Gasteiger partial charge on any atom is 0.249 e. The third kappa shape index (κ3) is 3.94. The third-order valence-corrected chi connectivity index (χ3v) is 5.28. The average molecular weight is 355 g/mol. The van der Waals surface area contributed by atoms with Crippen LogP contribution >= 0.6 is 0 Å². The second-order valence-electron chi connectivity index (χ2n) is 7.28. The Morgan fingerprint density at radius 2 is 2.31 bits per heavy atom. The second kappa shape index (κ2) is 7.55. The van der Waals surface area contributed by atoms with Gasteiger partial charge in [0.2, 0.25) is 5.91 Å². The van der Waals surface area contributed by atoms with E-state index in [1.165, 1.54) is 5.56 Å². The number of hydrogen-bond acceptors (Lipinski definition) is 5. The van der Waals surface area contributed by atoms with Gasteiger partial charge in [-0.15, -0.1) is 0 Å². The summed E-state index contributed by atoms with van der Waals surface area (Å²) in [7, 11) is 1.94. The number of pyridine rings is 1. The molecule has 4 rings (SSSR count). The summed E-state index contributed by atoms with van der Waals surface area (Å²) in [6.45, 7) is 3.31. The zero-order valence-electron chi connectivity index (χ0n) is 15.0. The summed E-state index contributed by atoms with van der Waals surface area (Å²) in [5.41, 5.74) is 2.22. The molecule has 3 atom stereocenters. The summed E-state index contributed by atoms with van der Waals surface area (Å²) in [6, 6.07) is 3.83. The molecule has 1 N–H and O–H groups in total. The van der Waals surface area contributed by atoms with Crippen molar-refractivity contribution in [3.63, 3.8) is 0 Å². The number of aromatic nitrogens is 3. The van der Waals surface area contributed by atoms with Crippen LogP contribution in [0.4, 0.5) is 0 Å². The number of rotatable bonds is 5. The first kappa shape index (κ1) is 17.2. The van der Waals surface area contributed by atoms with E-state index < -0.39 is 0 Å². The van der Waals surface area contributed by atoms with E-state index in [4.69, 9.17) is 4.74 Å². The van der Waals surface area contributed by atoms with Gasteiger partial charge in [0.15, 0.2) is 0 Å². The van der Waals surface area contributed by atoms with Crippen molar-refractivity contribution in [2.24, 2.45) is 13.0 Å². The number of carbonyl (C=O) groups excluding carboxylic acids is 1. The summed E-state index contributed by atoms with van der Waals surface area (Å²) in [5, 5.41) is 7.21. The van der Waals surface area contributed by atoms with Crippen LogP contribution in [0.3, 0.4) is 0 Å². The van der Waals surface area contributed by atoms with Crippen LogP contribution < -0.4 is 5.32 Å². The quantitative estimate of drug-likeness (QED) is 0.870. The van der Waals surface area contributed by atoms with E-state index in [0.29, 0.717) is 12.5 Å². The zero-order chi connectivity index (χ0) is 17.9. The Hall–Kier alpha value is -2.25. The molecule has 2 saturated heterocycles. The minimum atomic E-state index is -0.333. The lowest BCUT2D eigenvalue weighted by molar-refractivity contribution is -0.133. The average Bonchev–Trinajstić information content (AvgIpc) is 3.26. The van der Waals surface area contributed by atoms with E-state index in [9.17, 15) is 4.79 Å². The molecule has 2 fully saturated rings. The van der Waals surface area contributed by atoms with Crippen LogP contribution in [0.5, 0.6) is 0 Å². The maximum atomic E-state index is 12.5. The van der Waals surface area contributed by atoms with Gasteiger partial charge < -0.3 is 10.1 Å². The van der Waals surface area contributed by atoms with Crippen molar-refractivity contribution in [3.8, 4) is 0 Å². The lowest BCUT2D eigenvalue weighted by atomic mass is 9.91. The summed E-state index contributed by atoms with van der Waals surface area (Å²) < 4.78 is 7.93. The highest BCUT2D eigenvalue weighted by Crippen LogP contribution is 2.33. The molecule has 2 aliphatic rings. The normalized spacial score (nSPS) is 25.8. The molecule has 0 bridgehead atoms. The standard InChI is InChI=1S/C19H25N5O2/c1-23-11-15(10-22-23)12-24-6-4-16-7-17(26-18(16)13-24)19(25)21-9-14-3-2-5-20-8-14/h2-3,5,8,10-11,16-18H,4,6-7,9,12-13H2,1H3,(H,21,25)/t16-,17+,18-/m0/s1. The highest BCUT2D eigenvalue weighted by Gasteiger charge is 2.41. The first-order valence-corrected chi connectivity index (χ1v) is 9.19. The Labute approximate surface area is 153 Å². The number of hydrogen-bond donors (Lipinski definition) is 1. The van der Waals surface area contributed by atoms with Gasteiger partial charge in [-0.05, 0) is 36.9 Å². The Bertz CT molecular complexity index is 747. The van der Waals surface area contributed by atoms with Gasteiger partial charge in [0.1, 0.15) is 6.10 Å². The Balaban J connectivity index is 1.28. The smallest absolute Gasteiger partial charge is 0.249 e. The van der Waals surface area contributed by atoms with E-state index in [2.05, 4.69) is 26.5 Å². The highest BCUT2D eigenvalue weighted by atomic mass is 16.5. The molecule has 0 aliphatic carbocycles. The SMILES string of the molecule is Cn1cc(CN2CC[C@H]3C[C@H](C(=O)NCc4cccnc4)O[C@H]3C2)cn1. The minimum absolute atomic E-state index is 0.0120. The number of ether oxygens (including phenoxy) is 1. The van der Waals surface area contributed by atoms with Crippen molar-refractivity contribution >= 4 is 5.91 Å². The highest BCUT2D eigenvalue weighted by molar-refractivity contribution is 5.81. The first-order chi connectivity index (χ1) is 12.7. The van der Waals surface area contributed by atoms with Crippen molar-refractivity contribution < 1.29 is 9.53 Å². The van der Waals surface area contributed by atoms with Crippen LogP contribution in [0.25, 0.3) is 0 Å². The van der Waals surface area contributed by atoms with Gasteiger partial charge in [0.05, 0.1) is 12.3 Å². The van der Waals surface area contributed by atoms with E-state index in [1.54, 1.807) is 12.4 Å². The maximum absolute atomic E-state index is 12.5. The van der Waals surface area contributed by atoms with Gasteiger partial charge >= 0.3 is 0 Å². The minimum Gasteiger partial charge on any atom is -0.364 e. The lowest BCUT2D eigenvalue weighted by Gasteiger charge is -2.33. The molecule has 138 valence electrons. The van der Waals surface area contributed by atoms with Crippen molar-refractivity contribution in [1.29, 1.82) is 0 Å². The van der Waals surface area contributed by atoms with Crippen molar-refractivity contribution in [2.75, 3.05) is 13.1 Å². The van der Waals surface area contributed by atoms with Crippen LogP contribution in [0.15, 0.2) is 36.9 Å². The summed E-state index contributed by atoms with van der Waals surface area (Å²) in [5.74, 6) is 0.469. The molecule has 7 heteroatoms. The van der Waals surface area contributed by atoms with Crippen molar-refractivity contribution in [1.82, 2.24) is 25.0 Å². The van der Waals surface area contributed by atoms with Gasteiger partial charge in [-0.1, -0.05) is 6.07 Å². The Kier molecular flexibility index (Phi) is 4.99. The third-order valence-electron chi connectivity index (χ3n) is 5.28. The lowest BCUT2D eigenvalue weighted by Crippen LogP contribution is -2.42. The van der Waals surface area contributed by atoms with Gasteiger partial charge in [-0.3, -0.25) is 19.4 Å². The fraction of sp³-hybridized carbons (Fsp3) is 0.526. The van der Waals surface area contributed by atoms with Gasteiger partial charge in [0.25, 0.3) is 0 Å². The number of nitrogens with zero attached hydrogens (tertiary/aromatic N) is 4. The summed E-state index contributed by atoms with van der Waals surface area (Å²) in [4.78, 5) is 18.9. The number of aryl methyl sites for hydroxylation is 1. The monoisotopic (exact) mass is 355 g/mol. The molecular formula is C19H25N5O2. The van der Waals surface area contributed by atoms with E-state index in [0.717, 1.165) is 38.0 Å². The van der Waals surface area contributed by atoms with E-state index in [1.807, 2.05) is 30.1 Å². The molecule has 2 aromatic rings. The molecule has 0 saturated carbocycles. The fourth-order valence-electron chi connectivity index (χ4n) is 3.92. The number of likely N-dealkylation sites (tertiary alicyclic amines) is 1. The molecule has 2 aromatic heterocycles. The van der Waals surface area contributed by atoms with Crippen LogP contribution in [0.1, 0.15) is 24.0 Å². The molecule has 0 aromatic carbocycles. The number of carbonyl (C=O) groups is 1. The first-order valence-electron chi connectivity index (χ1n) is 9.19. The van der Waals surface area contributed by atoms with E-state index >= 15 is 0 Å². The Morgan fingerprint density at radius 3 is 3.08 bits per heavy atom. The Morgan fingerprint density at radius 1 is 1.38 bits per heavy atom. The van der Waals surface area contributed by atoms with Crippen molar-refractivity contribution in [3.05, 3.63) is 48.0 Å². The summed E-state index contributed by atoms with van der Waals surface area (Å²) in [6.07, 6.45) is 9.18. The number of amides is 1. The molecule has 1 amide bonds. The van der Waals surface area contributed by atoms with Gasteiger partial charge in [-0.2, -0.15) is 5.10 Å². The number of piperidine rings is 1. The largest absolute Gasteiger partial charge is 0.364 e. The van der Waals surface area contributed by atoms with Crippen molar-refractivity contribution in [2.45, 2.75) is 38.1 Å². The molecule has 26 heavy (non-hydrogen) atoms. The predicted molar refractivity (Wildman–Crippen MR) is 96.0 cm³/mol. The second-order valence-corrected chi connectivity index (χ2v) is 7.28. The molecule has 2 aliphatic heterocycles. The molecule has 4 heterocycles. The van der Waals surface area contributed by atoms with Gasteiger partial charge in [0, 0.05) is 50.8 Å². The predicted octanol–water partition coefficient (Wildman–Crippen LogP) is 1.11. The van der Waals surface area contributed by atoms with E-state index in [-0.39, 0.29) is 18.1 Å². The van der Waals surface area contributed by atoms with Crippen LogP contribution in [-0.4, -0.2) is 50.9 Å².